The lowest BCUT2D eigenvalue weighted by molar-refractivity contribution is 0.0979. The second kappa shape index (κ2) is 7.11. The van der Waals surface area contributed by atoms with E-state index in [1.54, 1.807) is 4.90 Å². The SMILES string of the molecule is O=C(c1ccc(Nc2c(F)cccc2F)nn1)N1CCCc2ccccc21. The lowest BCUT2D eigenvalue weighted by atomic mass is 10.0. The highest BCUT2D eigenvalue weighted by atomic mass is 19.1. The van der Waals surface area contributed by atoms with E-state index in [1.165, 1.54) is 18.2 Å². The van der Waals surface area contributed by atoms with E-state index in [0.717, 1.165) is 36.2 Å². The number of nitrogens with zero attached hydrogens (tertiary/aromatic N) is 3. The van der Waals surface area contributed by atoms with Gasteiger partial charge in [-0.15, -0.1) is 10.2 Å². The van der Waals surface area contributed by atoms with Gasteiger partial charge in [0.25, 0.3) is 5.91 Å². The van der Waals surface area contributed by atoms with E-state index >= 15 is 0 Å². The molecule has 4 rings (SSSR count). The van der Waals surface area contributed by atoms with Crippen LogP contribution in [0.15, 0.2) is 54.6 Å². The maximum absolute atomic E-state index is 13.7. The third-order valence-electron chi connectivity index (χ3n) is 4.45. The molecule has 27 heavy (non-hydrogen) atoms. The first-order valence-corrected chi connectivity index (χ1v) is 8.58. The second-order valence-corrected chi connectivity index (χ2v) is 6.21. The highest BCUT2D eigenvalue weighted by molar-refractivity contribution is 6.05. The van der Waals surface area contributed by atoms with Gasteiger partial charge in [0.05, 0.1) is 0 Å². The van der Waals surface area contributed by atoms with Crippen molar-refractivity contribution in [3.05, 3.63) is 77.5 Å². The van der Waals surface area contributed by atoms with Crippen molar-refractivity contribution in [1.29, 1.82) is 0 Å². The third kappa shape index (κ3) is 3.36. The van der Waals surface area contributed by atoms with Gasteiger partial charge >= 0.3 is 0 Å². The molecule has 0 unspecified atom stereocenters. The Bertz CT molecular complexity index is 971. The number of benzene rings is 2. The zero-order valence-corrected chi connectivity index (χ0v) is 14.3. The van der Waals surface area contributed by atoms with Gasteiger partial charge in [0.2, 0.25) is 0 Å². The van der Waals surface area contributed by atoms with E-state index in [2.05, 4.69) is 15.5 Å². The molecule has 0 fully saturated rings. The molecule has 136 valence electrons. The summed E-state index contributed by atoms with van der Waals surface area (Å²) in [5.41, 5.74) is 1.87. The van der Waals surface area contributed by atoms with Crippen molar-refractivity contribution in [2.24, 2.45) is 0 Å². The zero-order chi connectivity index (χ0) is 18.8. The average molecular weight is 366 g/mol. The largest absolute Gasteiger partial charge is 0.334 e. The Balaban J connectivity index is 1.55. The van der Waals surface area contributed by atoms with Crippen molar-refractivity contribution >= 4 is 23.1 Å². The maximum atomic E-state index is 13.7. The van der Waals surface area contributed by atoms with Gasteiger partial charge in [-0.05, 0) is 48.7 Å². The number of amides is 1. The molecule has 0 saturated carbocycles. The van der Waals surface area contributed by atoms with Gasteiger partial charge in [0.1, 0.15) is 17.3 Å². The molecule has 0 saturated heterocycles. The number of carbonyl (C=O) groups excluding carboxylic acids is 1. The van der Waals surface area contributed by atoms with Crippen LogP contribution in [-0.4, -0.2) is 22.6 Å². The number of nitrogens with one attached hydrogen (secondary N) is 1. The lowest BCUT2D eigenvalue weighted by Gasteiger charge is -2.29. The molecule has 0 spiro atoms. The van der Waals surface area contributed by atoms with Crippen LogP contribution in [0.4, 0.5) is 26.0 Å². The molecule has 7 heteroatoms. The Kier molecular flexibility index (Phi) is 4.50. The molecule has 1 amide bonds. The van der Waals surface area contributed by atoms with E-state index in [4.69, 9.17) is 0 Å². The van der Waals surface area contributed by atoms with Crippen molar-refractivity contribution in [3.8, 4) is 0 Å². The minimum absolute atomic E-state index is 0.148. The van der Waals surface area contributed by atoms with Crippen molar-refractivity contribution < 1.29 is 13.6 Å². The molecule has 0 atom stereocenters. The van der Waals surface area contributed by atoms with Gasteiger partial charge in [-0.3, -0.25) is 4.79 Å². The molecule has 0 bridgehead atoms. The Hall–Kier alpha value is -3.35. The van der Waals surface area contributed by atoms with Crippen LogP contribution in [0.5, 0.6) is 0 Å². The molecule has 2 aromatic carbocycles. The number of carbonyl (C=O) groups is 1. The number of halogens is 2. The molecule has 3 aromatic rings. The number of fused-ring (bicyclic) bond motifs is 1. The molecule has 0 aliphatic carbocycles. The van der Waals surface area contributed by atoms with Crippen LogP contribution >= 0.6 is 0 Å². The van der Waals surface area contributed by atoms with Crippen LogP contribution in [0, 0.1) is 11.6 Å². The number of aromatic nitrogens is 2. The molecule has 1 aliphatic rings. The molecule has 2 heterocycles. The molecule has 1 aliphatic heterocycles. The summed E-state index contributed by atoms with van der Waals surface area (Å²) in [5, 5.41) is 10.4. The van der Waals surface area contributed by atoms with E-state index < -0.39 is 11.6 Å². The second-order valence-electron chi connectivity index (χ2n) is 6.21. The Labute approximate surface area is 154 Å². The van der Waals surface area contributed by atoms with E-state index in [0.29, 0.717) is 6.54 Å². The highest BCUT2D eigenvalue weighted by Crippen LogP contribution is 2.28. The standard InChI is InChI=1S/C20H16F2N4O/c21-14-7-3-8-15(22)19(14)23-18-11-10-16(24-25-18)20(27)26-12-4-6-13-5-1-2-9-17(13)26/h1-3,5,7-11H,4,6,12H2,(H,23,25). The summed E-state index contributed by atoms with van der Waals surface area (Å²) in [6, 6.07) is 14.3. The van der Waals surface area contributed by atoms with Crippen LogP contribution in [0.3, 0.4) is 0 Å². The number of hydrogen-bond donors (Lipinski definition) is 1. The summed E-state index contributed by atoms with van der Waals surface area (Å²) < 4.78 is 27.4. The Morgan fingerprint density at radius 3 is 2.48 bits per heavy atom. The summed E-state index contributed by atoms with van der Waals surface area (Å²) in [5.74, 6) is -1.57. The van der Waals surface area contributed by atoms with Crippen molar-refractivity contribution in [2.45, 2.75) is 12.8 Å². The molecular weight excluding hydrogens is 350 g/mol. The molecule has 1 N–H and O–H groups in total. The van der Waals surface area contributed by atoms with Gasteiger partial charge in [-0.1, -0.05) is 24.3 Å². The fourth-order valence-electron chi connectivity index (χ4n) is 3.14. The smallest absolute Gasteiger partial charge is 0.278 e. The minimum atomic E-state index is -0.734. The van der Waals surface area contributed by atoms with Crippen LogP contribution in [-0.2, 0) is 6.42 Å². The highest BCUT2D eigenvalue weighted by Gasteiger charge is 2.24. The number of hydrogen-bond acceptors (Lipinski definition) is 4. The molecular formula is C20H16F2N4O. The summed E-state index contributed by atoms with van der Waals surface area (Å²) in [6.07, 6.45) is 1.81. The van der Waals surface area contributed by atoms with Crippen LogP contribution in [0.2, 0.25) is 0 Å². The quantitative estimate of drug-likeness (QED) is 0.758. The first kappa shape index (κ1) is 17.1. The maximum Gasteiger partial charge on any atom is 0.278 e. The number of anilines is 3. The summed E-state index contributed by atoms with van der Waals surface area (Å²) in [6.45, 7) is 0.609. The fourth-order valence-corrected chi connectivity index (χ4v) is 3.14. The molecule has 5 nitrogen and oxygen atoms in total. The normalized spacial score (nSPS) is 13.2. The van der Waals surface area contributed by atoms with Crippen LogP contribution < -0.4 is 10.2 Å². The number of aryl methyl sites for hydroxylation is 1. The lowest BCUT2D eigenvalue weighted by Crippen LogP contribution is -2.36. The van der Waals surface area contributed by atoms with Crippen molar-refractivity contribution in [3.63, 3.8) is 0 Å². The van der Waals surface area contributed by atoms with Gasteiger partial charge in [0, 0.05) is 12.2 Å². The summed E-state index contributed by atoms with van der Waals surface area (Å²) >= 11 is 0. The summed E-state index contributed by atoms with van der Waals surface area (Å²) in [7, 11) is 0. The van der Waals surface area contributed by atoms with Crippen LogP contribution in [0.1, 0.15) is 22.5 Å². The van der Waals surface area contributed by atoms with E-state index in [9.17, 15) is 13.6 Å². The van der Waals surface area contributed by atoms with E-state index in [1.807, 2.05) is 24.3 Å². The monoisotopic (exact) mass is 366 g/mol. The predicted molar refractivity (Wildman–Crippen MR) is 98.1 cm³/mol. The average Bonchev–Trinajstić information content (AvgIpc) is 2.70. The predicted octanol–water partition coefficient (Wildman–Crippen LogP) is 4.09. The first-order valence-electron chi connectivity index (χ1n) is 8.58. The third-order valence-corrected chi connectivity index (χ3v) is 4.45. The topological polar surface area (TPSA) is 58.1 Å². The van der Waals surface area contributed by atoms with Gasteiger partial charge in [0.15, 0.2) is 11.5 Å². The van der Waals surface area contributed by atoms with Crippen LogP contribution in [0.25, 0.3) is 0 Å². The number of rotatable bonds is 3. The van der Waals surface area contributed by atoms with Gasteiger partial charge in [-0.25, -0.2) is 8.78 Å². The Morgan fingerprint density at radius 2 is 1.74 bits per heavy atom. The zero-order valence-electron chi connectivity index (χ0n) is 14.3. The number of para-hydroxylation sites is 2. The fraction of sp³-hybridized carbons (Fsp3) is 0.150. The van der Waals surface area contributed by atoms with E-state index in [-0.39, 0.29) is 23.1 Å². The first-order chi connectivity index (χ1) is 13.1. The Morgan fingerprint density at radius 1 is 0.963 bits per heavy atom. The molecule has 1 aromatic heterocycles. The minimum Gasteiger partial charge on any atom is -0.334 e. The molecule has 0 radical (unpaired) electrons. The van der Waals surface area contributed by atoms with Crippen molar-refractivity contribution in [1.82, 2.24) is 10.2 Å². The van der Waals surface area contributed by atoms with Gasteiger partial charge < -0.3 is 10.2 Å². The van der Waals surface area contributed by atoms with Gasteiger partial charge in [-0.2, -0.15) is 0 Å². The summed E-state index contributed by atoms with van der Waals surface area (Å²) in [4.78, 5) is 14.5. The van der Waals surface area contributed by atoms with Crippen molar-refractivity contribution in [2.75, 3.05) is 16.8 Å².